The van der Waals surface area contributed by atoms with Gasteiger partial charge in [-0.15, -0.1) is 0 Å². The maximum absolute atomic E-state index is 12.8. The number of anilines is 1. The van der Waals surface area contributed by atoms with Gasteiger partial charge in [-0.2, -0.15) is 0 Å². The molecule has 0 N–H and O–H groups in total. The van der Waals surface area contributed by atoms with E-state index in [0.29, 0.717) is 13.2 Å². The monoisotopic (exact) mass is 267 g/mol. The summed E-state index contributed by atoms with van der Waals surface area (Å²) >= 11 is 0. The van der Waals surface area contributed by atoms with Crippen LogP contribution in [0, 0.1) is 13.8 Å². The smallest absolute Gasteiger partial charge is 0.258 e. The molecule has 2 aromatic rings. The highest BCUT2D eigenvalue weighted by atomic mass is 16.5. The lowest BCUT2D eigenvalue weighted by molar-refractivity contribution is 0.0976. The SMILES string of the molecule is Cc1ccc(C(=O)N2CCOc3ccccc32)c(C)c1. The molecule has 0 bridgehead atoms. The Morgan fingerprint density at radius 2 is 1.95 bits per heavy atom. The summed E-state index contributed by atoms with van der Waals surface area (Å²) < 4.78 is 5.60. The Morgan fingerprint density at radius 1 is 1.15 bits per heavy atom. The van der Waals surface area contributed by atoms with E-state index >= 15 is 0 Å². The summed E-state index contributed by atoms with van der Waals surface area (Å²) in [6, 6.07) is 13.6. The van der Waals surface area contributed by atoms with Crippen LogP contribution in [0.15, 0.2) is 42.5 Å². The van der Waals surface area contributed by atoms with Gasteiger partial charge in [-0.25, -0.2) is 0 Å². The first-order valence-corrected chi connectivity index (χ1v) is 6.78. The van der Waals surface area contributed by atoms with Crippen LogP contribution in [-0.4, -0.2) is 19.1 Å². The molecular formula is C17H17NO2. The van der Waals surface area contributed by atoms with Gasteiger partial charge in [0.1, 0.15) is 12.4 Å². The first-order valence-electron chi connectivity index (χ1n) is 6.78. The lowest BCUT2D eigenvalue weighted by Crippen LogP contribution is -2.38. The highest BCUT2D eigenvalue weighted by Crippen LogP contribution is 2.32. The second kappa shape index (κ2) is 5.00. The number of para-hydroxylation sites is 2. The summed E-state index contributed by atoms with van der Waals surface area (Å²) in [6.45, 7) is 5.13. The average Bonchev–Trinajstić information content (AvgIpc) is 2.46. The topological polar surface area (TPSA) is 29.5 Å². The third-order valence-electron chi connectivity index (χ3n) is 3.59. The predicted molar refractivity (Wildman–Crippen MR) is 79.5 cm³/mol. The molecule has 0 aromatic heterocycles. The molecule has 2 aromatic carbocycles. The second-order valence-electron chi connectivity index (χ2n) is 5.09. The van der Waals surface area contributed by atoms with Crippen molar-refractivity contribution in [1.82, 2.24) is 0 Å². The first kappa shape index (κ1) is 12.7. The molecule has 0 aliphatic carbocycles. The number of carbonyl (C=O) groups excluding carboxylic acids is 1. The number of hydrogen-bond donors (Lipinski definition) is 0. The van der Waals surface area contributed by atoms with Crippen LogP contribution in [0.2, 0.25) is 0 Å². The van der Waals surface area contributed by atoms with E-state index in [1.807, 2.05) is 56.3 Å². The number of aryl methyl sites for hydroxylation is 2. The summed E-state index contributed by atoms with van der Waals surface area (Å²) in [6.07, 6.45) is 0. The number of carbonyl (C=O) groups is 1. The minimum absolute atomic E-state index is 0.0400. The molecule has 1 aliphatic heterocycles. The quantitative estimate of drug-likeness (QED) is 0.793. The summed E-state index contributed by atoms with van der Waals surface area (Å²) in [5, 5.41) is 0. The van der Waals surface area contributed by atoms with Gasteiger partial charge < -0.3 is 9.64 Å². The van der Waals surface area contributed by atoms with E-state index in [0.717, 1.165) is 22.6 Å². The number of nitrogens with zero attached hydrogens (tertiary/aromatic N) is 1. The van der Waals surface area contributed by atoms with Crippen LogP contribution in [0.5, 0.6) is 5.75 Å². The standard InChI is InChI=1S/C17H17NO2/c1-12-7-8-14(13(2)11-12)17(19)18-9-10-20-16-6-4-3-5-15(16)18/h3-8,11H,9-10H2,1-2H3. The van der Waals surface area contributed by atoms with E-state index in [4.69, 9.17) is 4.74 Å². The Kier molecular flexibility index (Phi) is 3.18. The lowest BCUT2D eigenvalue weighted by Gasteiger charge is -2.30. The summed E-state index contributed by atoms with van der Waals surface area (Å²) in [5.41, 5.74) is 3.79. The van der Waals surface area contributed by atoms with Gasteiger partial charge in [0.25, 0.3) is 5.91 Å². The number of ether oxygens (including phenoxy) is 1. The van der Waals surface area contributed by atoms with Crippen molar-refractivity contribution in [3.63, 3.8) is 0 Å². The molecule has 0 atom stereocenters. The Morgan fingerprint density at radius 3 is 2.75 bits per heavy atom. The number of benzene rings is 2. The van der Waals surface area contributed by atoms with Gasteiger partial charge in [-0.1, -0.05) is 29.8 Å². The van der Waals surface area contributed by atoms with E-state index in [1.165, 1.54) is 5.56 Å². The fraction of sp³-hybridized carbons (Fsp3) is 0.235. The van der Waals surface area contributed by atoms with Crippen LogP contribution >= 0.6 is 0 Å². The molecule has 20 heavy (non-hydrogen) atoms. The summed E-state index contributed by atoms with van der Waals surface area (Å²) in [7, 11) is 0. The molecule has 0 saturated heterocycles. The van der Waals surface area contributed by atoms with Crippen LogP contribution in [-0.2, 0) is 0 Å². The van der Waals surface area contributed by atoms with Crippen molar-refractivity contribution in [1.29, 1.82) is 0 Å². The zero-order chi connectivity index (χ0) is 14.1. The zero-order valence-corrected chi connectivity index (χ0v) is 11.7. The predicted octanol–water partition coefficient (Wildman–Crippen LogP) is 3.34. The lowest BCUT2D eigenvalue weighted by atomic mass is 10.0. The molecule has 0 radical (unpaired) electrons. The highest BCUT2D eigenvalue weighted by Gasteiger charge is 2.25. The third-order valence-corrected chi connectivity index (χ3v) is 3.59. The normalized spacial score (nSPS) is 13.6. The van der Waals surface area contributed by atoms with Crippen molar-refractivity contribution in [2.45, 2.75) is 13.8 Å². The molecule has 102 valence electrons. The number of hydrogen-bond acceptors (Lipinski definition) is 2. The van der Waals surface area contributed by atoms with Crippen LogP contribution in [0.1, 0.15) is 21.5 Å². The van der Waals surface area contributed by atoms with Crippen molar-refractivity contribution < 1.29 is 9.53 Å². The number of fused-ring (bicyclic) bond motifs is 1. The largest absolute Gasteiger partial charge is 0.490 e. The van der Waals surface area contributed by atoms with E-state index in [-0.39, 0.29) is 5.91 Å². The molecule has 0 unspecified atom stereocenters. The van der Waals surface area contributed by atoms with Crippen molar-refractivity contribution >= 4 is 11.6 Å². The summed E-state index contributed by atoms with van der Waals surface area (Å²) in [5.74, 6) is 0.815. The third kappa shape index (κ3) is 2.16. The molecule has 1 heterocycles. The van der Waals surface area contributed by atoms with Gasteiger partial charge in [0.2, 0.25) is 0 Å². The molecule has 3 heteroatoms. The van der Waals surface area contributed by atoms with Crippen molar-refractivity contribution in [3.05, 3.63) is 59.2 Å². The van der Waals surface area contributed by atoms with Gasteiger partial charge >= 0.3 is 0 Å². The second-order valence-corrected chi connectivity index (χ2v) is 5.09. The number of rotatable bonds is 1. The molecular weight excluding hydrogens is 250 g/mol. The van der Waals surface area contributed by atoms with Gasteiger partial charge in [-0.3, -0.25) is 4.79 Å². The molecule has 1 amide bonds. The zero-order valence-electron chi connectivity index (χ0n) is 11.7. The van der Waals surface area contributed by atoms with Crippen LogP contribution in [0.25, 0.3) is 0 Å². The van der Waals surface area contributed by atoms with Gasteiger partial charge in [0.05, 0.1) is 12.2 Å². The van der Waals surface area contributed by atoms with Crippen LogP contribution < -0.4 is 9.64 Å². The van der Waals surface area contributed by atoms with Crippen molar-refractivity contribution in [2.75, 3.05) is 18.1 Å². The molecule has 3 rings (SSSR count). The van der Waals surface area contributed by atoms with E-state index in [1.54, 1.807) is 4.90 Å². The van der Waals surface area contributed by atoms with Gasteiger partial charge in [-0.05, 0) is 37.6 Å². The van der Waals surface area contributed by atoms with E-state index in [2.05, 4.69) is 0 Å². The average molecular weight is 267 g/mol. The van der Waals surface area contributed by atoms with Crippen molar-refractivity contribution in [2.24, 2.45) is 0 Å². The van der Waals surface area contributed by atoms with E-state index < -0.39 is 0 Å². The fourth-order valence-corrected chi connectivity index (χ4v) is 2.58. The maximum atomic E-state index is 12.8. The van der Waals surface area contributed by atoms with Crippen LogP contribution in [0.3, 0.4) is 0 Å². The maximum Gasteiger partial charge on any atom is 0.258 e. The first-order chi connectivity index (χ1) is 9.66. The van der Waals surface area contributed by atoms with Gasteiger partial charge in [0, 0.05) is 5.56 Å². The molecule has 0 fully saturated rings. The molecule has 3 nitrogen and oxygen atoms in total. The minimum atomic E-state index is 0.0400. The minimum Gasteiger partial charge on any atom is -0.490 e. The number of amides is 1. The van der Waals surface area contributed by atoms with E-state index in [9.17, 15) is 4.79 Å². The van der Waals surface area contributed by atoms with Crippen LogP contribution in [0.4, 0.5) is 5.69 Å². The Labute approximate surface area is 118 Å². The molecule has 0 saturated carbocycles. The Bertz CT molecular complexity index is 664. The Hall–Kier alpha value is -2.29. The highest BCUT2D eigenvalue weighted by molar-refractivity contribution is 6.08. The summed E-state index contributed by atoms with van der Waals surface area (Å²) in [4.78, 5) is 14.6. The fourth-order valence-electron chi connectivity index (χ4n) is 2.58. The van der Waals surface area contributed by atoms with Crippen molar-refractivity contribution in [3.8, 4) is 5.75 Å². The molecule has 1 aliphatic rings. The molecule has 0 spiro atoms. The van der Waals surface area contributed by atoms with Gasteiger partial charge in [0.15, 0.2) is 0 Å². The Balaban J connectivity index is 2.00.